The summed E-state index contributed by atoms with van der Waals surface area (Å²) < 4.78 is 14.4. The summed E-state index contributed by atoms with van der Waals surface area (Å²) in [5, 5.41) is 0.702. The van der Waals surface area contributed by atoms with Crippen LogP contribution < -0.4 is 4.74 Å². The zero-order valence-corrected chi connectivity index (χ0v) is 18.1. The number of hydrogen-bond donors (Lipinski definition) is 0. The summed E-state index contributed by atoms with van der Waals surface area (Å²) in [4.78, 5) is 9.96. The average molecular weight is 448 g/mol. The lowest BCUT2D eigenvalue weighted by Crippen LogP contribution is -1.98. The number of halogens is 2. The molecule has 0 amide bonds. The van der Waals surface area contributed by atoms with Gasteiger partial charge in [0.1, 0.15) is 23.0 Å². The molecule has 3 heterocycles. The first-order chi connectivity index (χ1) is 14.1. The molecule has 5 nitrogen and oxygen atoms in total. The van der Waals surface area contributed by atoms with E-state index in [2.05, 4.69) is 4.98 Å². The molecule has 0 unspecified atom stereocenters. The molecule has 0 radical (unpaired) electrons. The summed E-state index contributed by atoms with van der Waals surface area (Å²) in [7, 11) is 0. The van der Waals surface area contributed by atoms with E-state index in [1.807, 2.05) is 54.1 Å². The normalized spacial score (nSPS) is 11.1. The number of unbranched alkanes of at least 4 members (excludes halogenated alkanes) is 1. The molecule has 0 atom stereocenters. The first kappa shape index (κ1) is 20.0. The van der Waals surface area contributed by atoms with Crippen molar-refractivity contribution in [2.75, 3.05) is 6.61 Å². The summed E-state index contributed by atoms with van der Waals surface area (Å²) >= 11 is 13.5. The maximum absolute atomic E-state index is 6.13. The highest BCUT2D eigenvalue weighted by Crippen LogP contribution is 2.34. The molecule has 0 aliphatic heterocycles. The third-order valence-corrected chi connectivity index (χ3v) is 5.89. The summed E-state index contributed by atoms with van der Waals surface area (Å²) in [5.74, 6) is 2.49. The van der Waals surface area contributed by atoms with E-state index >= 15 is 0 Å². The lowest BCUT2D eigenvalue weighted by Gasteiger charge is -2.05. The number of aromatic nitrogens is 3. The van der Waals surface area contributed by atoms with E-state index in [4.69, 9.17) is 37.3 Å². The standard InChI is InChI=1S/C21H19Cl2N3O2S/c1-14-24-11-12-26(14)21-25-20(18-9-10-19(23)29-18)17(28-21)4-2-3-13-27-16-7-5-15(22)6-8-16/h5-12H,2-4,13H2,1H3. The molecule has 0 aliphatic carbocycles. The quantitative estimate of drug-likeness (QED) is 0.285. The number of thiophene rings is 1. The van der Waals surface area contributed by atoms with Gasteiger partial charge >= 0.3 is 6.01 Å². The Kier molecular flexibility index (Phi) is 6.23. The molecule has 29 heavy (non-hydrogen) atoms. The second kappa shape index (κ2) is 9.03. The van der Waals surface area contributed by atoms with Crippen LogP contribution in [0.2, 0.25) is 9.36 Å². The summed E-state index contributed by atoms with van der Waals surface area (Å²) in [6.07, 6.45) is 6.14. The highest BCUT2D eigenvalue weighted by atomic mass is 35.5. The highest BCUT2D eigenvalue weighted by Gasteiger charge is 2.18. The largest absolute Gasteiger partial charge is 0.494 e. The number of imidazole rings is 1. The minimum Gasteiger partial charge on any atom is -0.494 e. The number of nitrogens with zero attached hydrogens (tertiary/aromatic N) is 3. The lowest BCUT2D eigenvalue weighted by molar-refractivity contribution is 0.305. The number of hydrogen-bond acceptors (Lipinski definition) is 5. The van der Waals surface area contributed by atoms with E-state index in [0.717, 1.165) is 51.5 Å². The maximum atomic E-state index is 6.13. The number of aryl methyl sites for hydroxylation is 2. The van der Waals surface area contributed by atoms with Crippen LogP contribution in [0, 0.1) is 6.92 Å². The van der Waals surface area contributed by atoms with Gasteiger partial charge in [-0.05, 0) is 56.2 Å². The maximum Gasteiger partial charge on any atom is 0.307 e. The van der Waals surface area contributed by atoms with Gasteiger partial charge in [0.05, 0.1) is 15.8 Å². The Morgan fingerprint density at radius 2 is 1.93 bits per heavy atom. The van der Waals surface area contributed by atoms with Gasteiger partial charge in [-0.3, -0.25) is 4.57 Å². The van der Waals surface area contributed by atoms with Crippen molar-refractivity contribution in [2.24, 2.45) is 0 Å². The van der Waals surface area contributed by atoms with E-state index in [-0.39, 0.29) is 0 Å². The van der Waals surface area contributed by atoms with Crippen LogP contribution in [-0.4, -0.2) is 21.1 Å². The molecular weight excluding hydrogens is 429 g/mol. The monoisotopic (exact) mass is 447 g/mol. The number of benzene rings is 1. The molecule has 3 aromatic heterocycles. The van der Waals surface area contributed by atoms with Crippen molar-refractivity contribution in [1.82, 2.24) is 14.5 Å². The van der Waals surface area contributed by atoms with Gasteiger partial charge in [-0.25, -0.2) is 4.98 Å². The Morgan fingerprint density at radius 3 is 2.62 bits per heavy atom. The minimum absolute atomic E-state index is 0.520. The summed E-state index contributed by atoms with van der Waals surface area (Å²) in [6, 6.07) is 11.8. The average Bonchev–Trinajstić information content (AvgIpc) is 3.42. The van der Waals surface area contributed by atoms with Gasteiger partial charge in [0.2, 0.25) is 0 Å². The lowest BCUT2D eigenvalue weighted by atomic mass is 10.1. The first-order valence-electron chi connectivity index (χ1n) is 9.24. The van der Waals surface area contributed by atoms with Crippen LogP contribution in [-0.2, 0) is 6.42 Å². The number of ether oxygens (including phenoxy) is 1. The second-order valence-corrected chi connectivity index (χ2v) is 8.63. The zero-order valence-electron chi connectivity index (χ0n) is 15.8. The van der Waals surface area contributed by atoms with Crippen molar-refractivity contribution in [1.29, 1.82) is 0 Å². The third-order valence-electron chi connectivity index (χ3n) is 4.41. The van der Waals surface area contributed by atoms with Gasteiger partial charge in [-0.1, -0.05) is 23.2 Å². The Morgan fingerprint density at radius 1 is 1.10 bits per heavy atom. The molecule has 4 aromatic rings. The summed E-state index contributed by atoms with van der Waals surface area (Å²) in [5.41, 5.74) is 0.837. The van der Waals surface area contributed by atoms with Gasteiger partial charge in [0.15, 0.2) is 0 Å². The fraction of sp³-hybridized carbons (Fsp3) is 0.238. The third kappa shape index (κ3) is 4.83. The summed E-state index contributed by atoms with van der Waals surface area (Å²) in [6.45, 7) is 2.54. The molecular formula is C21H19Cl2N3O2S. The van der Waals surface area contributed by atoms with Crippen molar-refractivity contribution >= 4 is 34.5 Å². The fourth-order valence-electron chi connectivity index (χ4n) is 2.93. The van der Waals surface area contributed by atoms with Crippen LogP contribution in [0.25, 0.3) is 16.6 Å². The van der Waals surface area contributed by atoms with Crippen LogP contribution in [0.4, 0.5) is 0 Å². The van der Waals surface area contributed by atoms with Crippen molar-refractivity contribution in [3.63, 3.8) is 0 Å². The van der Waals surface area contributed by atoms with Crippen LogP contribution in [0.1, 0.15) is 24.4 Å². The molecule has 0 spiro atoms. The predicted molar refractivity (Wildman–Crippen MR) is 117 cm³/mol. The Hall–Kier alpha value is -2.28. The molecule has 4 rings (SSSR count). The Balaban J connectivity index is 1.43. The molecule has 0 saturated carbocycles. The Labute approximate surface area is 182 Å². The van der Waals surface area contributed by atoms with E-state index in [1.54, 1.807) is 6.20 Å². The van der Waals surface area contributed by atoms with Gasteiger partial charge in [0, 0.05) is 23.8 Å². The van der Waals surface area contributed by atoms with Crippen LogP contribution in [0.5, 0.6) is 5.75 Å². The van der Waals surface area contributed by atoms with Crippen molar-refractivity contribution in [3.05, 3.63) is 69.7 Å². The minimum atomic E-state index is 0.520. The second-order valence-electron chi connectivity index (χ2n) is 6.48. The van der Waals surface area contributed by atoms with Crippen LogP contribution in [0.3, 0.4) is 0 Å². The number of oxazole rings is 1. The Bertz CT molecular complexity index is 1090. The molecule has 0 N–H and O–H groups in total. The first-order valence-corrected chi connectivity index (χ1v) is 10.8. The van der Waals surface area contributed by atoms with Crippen molar-refractivity contribution in [2.45, 2.75) is 26.2 Å². The van der Waals surface area contributed by atoms with Gasteiger partial charge < -0.3 is 9.15 Å². The molecule has 0 saturated heterocycles. The van der Waals surface area contributed by atoms with E-state index in [9.17, 15) is 0 Å². The smallest absolute Gasteiger partial charge is 0.307 e. The predicted octanol–water partition coefficient (Wildman–Crippen LogP) is 6.61. The fourth-order valence-corrected chi connectivity index (χ4v) is 4.11. The van der Waals surface area contributed by atoms with Gasteiger partial charge in [-0.2, -0.15) is 4.98 Å². The SMILES string of the molecule is Cc1nccn1-c1nc(-c2ccc(Cl)s2)c(CCCCOc2ccc(Cl)cc2)o1. The van der Waals surface area contributed by atoms with E-state index < -0.39 is 0 Å². The molecule has 0 aliphatic rings. The van der Waals surface area contributed by atoms with Crippen LogP contribution >= 0.6 is 34.5 Å². The van der Waals surface area contributed by atoms with E-state index in [1.165, 1.54) is 11.3 Å². The molecule has 8 heteroatoms. The zero-order chi connectivity index (χ0) is 20.2. The molecule has 150 valence electrons. The van der Waals surface area contributed by atoms with Crippen molar-refractivity contribution < 1.29 is 9.15 Å². The molecule has 0 fully saturated rings. The van der Waals surface area contributed by atoms with Crippen LogP contribution in [0.15, 0.2) is 53.2 Å². The molecule has 1 aromatic carbocycles. The van der Waals surface area contributed by atoms with E-state index in [0.29, 0.717) is 17.6 Å². The van der Waals surface area contributed by atoms with Gasteiger partial charge in [0.25, 0.3) is 0 Å². The number of rotatable bonds is 8. The molecule has 0 bridgehead atoms. The van der Waals surface area contributed by atoms with Crippen molar-refractivity contribution in [3.8, 4) is 22.3 Å². The van der Waals surface area contributed by atoms with Gasteiger partial charge in [-0.15, -0.1) is 11.3 Å². The topological polar surface area (TPSA) is 53.1 Å². The highest BCUT2D eigenvalue weighted by molar-refractivity contribution is 7.19.